The molecule has 1 saturated carbocycles. The van der Waals surface area contributed by atoms with Gasteiger partial charge in [-0.05, 0) is 50.7 Å². The van der Waals surface area contributed by atoms with Crippen LogP contribution in [0.4, 0.5) is 0 Å². The Hall–Kier alpha value is -1.35. The molecule has 2 unspecified atom stereocenters. The molecule has 0 amide bonds. The molecule has 1 saturated heterocycles. The summed E-state index contributed by atoms with van der Waals surface area (Å²) in [5.74, 6) is 3.10. The summed E-state index contributed by atoms with van der Waals surface area (Å²) < 4.78 is 5.74. The average molecular weight is 261 g/mol. The SMILES string of the molecule is CC(C)=O.c1ccc(OCN2CC3CCC3C2)cc1. The summed E-state index contributed by atoms with van der Waals surface area (Å²) in [5, 5.41) is 0. The number of hydrogen-bond acceptors (Lipinski definition) is 3. The van der Waals surface area contributed by atoms with Crippen molar-refractivity contribution in [2.75, 3.05) is 19.8 Å². The number of rotatable bonds is 3. The van der Waals surface area contributed by atoms with Crippen molar-refractivity contribution in [1.82, 2.24) is 4.90 Å². The Morgan fingerprint density at radius 2 is 1.68 bits per heavy atom. The number of para-hydroxylation sites is 1. The van der Waals surface area contributed by atoms with Crippen LogP contribution in [0, 0.1) is 11.8 Å². The van der Waals surface area contributed by atoms with E-state index in [4.69, 9.17) is 4.74 Å². The van der Waals surface area contributed by atoms with E-state index in [0.717, 1.165) is 24.3 Å². The van der Waals surface area contributed by atoms with Crippen molar-refractivity contribution in [2.45, 2.75) is 26.7 Å². The topological polar surface area (TPSA) is 29.5 Å². The number of carbonyl (C=O) groups excluding carboxylic acids is 1. The molecule has 2 atom stereocenters. The molecular weight excluding hydrogens is 238 g/mol. The van der Waals surface area contributed by atoms with Crippen LogP contribution in [0.3, 0.4) is 0 Å². The van der Waals surface area contributed by atoms with Gasteiger partial charge in [-0.15, -0.1) is 0 Å². The Bertz CT molecular complexity index is 388. The monoisotopic (exact) mass is 261 g/mol. The maximum Gasteiger partial charge on any atom is 0.142 e. The predicted molar refractivity (Wildman–Crippen MR) is 76.1 cm³/mol. The number of ketones is 1. The molecule has 3 rings (SSSR count). The molecule has 2 fully saturated rings. The molecule has 1 aromatic rings. The van der Waals surface area contributed by atoms with Gasteiger partial charge in [0, 0.05) is 13.1 Å². The van der Waals surface area contributed by atoms with Crippen molar-refractivity contribution in [3.63, 3.8) is 0 Å². The maximum atomic E-state index is 9.44. The predicted octanol–water partition coefficient (Wildman–Crippen LogP) is 2.96. The molecule has 1 aliphatic carbocycles. The van der Waals surface area contributed by atoms with Gasteiger partial charge in [-0.2, -0.15) is 0 Å². The molecule has 1 aromatic carbocycles. The smallest absolute Gasteiger partial charge is 0.142 e. The second kappa shape index (κ2) is 6.71. The number of ether oxygens (including phenoxy) is 1. The van der Waals surface area contributed by atoms with E-state index in [1.54, 1.807) is 0 Å². The summed E-state index contributed by atoms with van der Waals surface area (Å²) in [5.41, 5.74) is 0. The largest absolute Gasteiger partial charge is 0.478 e. The van der Waals surface area contributed by atoms with E-state index in [1.807, 2.05) is 30.3 Å². The van der Waals surface area contributed by atoms with Crippen LogP contribution in [0.2, 0.25) is 0 Å². The van der Waals surface area contributed by atoms with Crippen molar-refractivity contribution in [3.05, 3.63) is 30.3 Å². The van der Waals surface area contributed by atoms with Crippen LogP contribution in [0.5, 0.6) is 5.75 Å². The zero-order valence-corrected chi connectivity index (χ0v) is 11.8. The lowest BCUT2D eigenvalue weighted by atomic mass is 9.77. The van der Waals surface area contributed by atoms with Crippen LogP contribution in [0.15, 0.2) is 30.3 Å². The Morgan fingerprint density at radius 3 is 2.16 bits per heavy atom. The summed E-state index contributed by atoms with van der Waals surface area (Å²) in [7, 11) is 0. The first-order chi connectivity index (χ1) is 9.15. The van der Waals surface area contributed by atoms with Gasteiger partial charge in [-0.25, -0.2) is 0 Å². The summed E-state index contributed by atoms with van der Waals surface area (Å²) in [6.45, 7) is 6.31. The van der Waals surface area contributed by atoms with E-state index in [0.29, 0.717) is 0 Å². The third kappa shape index (κ3) is 4.35. The molecule has 0 bridgehead atoms. The third-order valence-electron chi connectivity index (χ3n) is 3.72. The number of fused-ring (bicyclic) bond motifs is 1. The summed E-state index contributed by atoms with van der Waals surface area (Å²) in [6, 6.07) is 10.1. The zero-order valence-electron chi connectivity index (χ0n) is 11.8. The molecule has 1 heterocycles. The highest BCUT2D eigenvalue weighted by molar-refractivity contribution is 5.72. The Labute approximate surface area is 115 Å². The number of likely N-dealkylation sites (tertiary alicyclic amines) is 1. The Kier molecular flexibility index (Phi) is 4.97. The van der Waals surface area contributed by atoms with Gasteiger partial charge in [0.15, 0.2) is 0 Å². The lowest BCUT2D eigenvalue weighted by molar-refractivity contribution is -0.114. The number of hydrogen-bond donors (Lipinski definition) is 0. The first-order valence-corrected chi connectivity index (χ1v) is 7.02. The van der Waals surface area contributed by atoms with E-state index in [1.165, 1.54) is 39.8 Å². The second-order valence-electron chi connectivity index (χ2n) is 5.63. The van der Waals surface area contributed by atoms with E-state index >= 15 is 0 Å². The van der Waals surface area contributed by atoms with Crippen molar-refractivity contribution in [3.8, 4) is 5.75 Å². The minimum atomic E-state index is 0.167. The fourth-order valence-electron chi connectivity index (χ4n) is 2.64. The van der Waals surface area contributed by atoms with Crippen LogP contribution in [0.25, 0.3) is 0 Å². The highest BCUT2D eigenvalue weighted by Gasteiger charge is 2.39. The molecule has 104 valence electrons. The number of Topliss-reactive ketones (excluding diaryl/α,β-unsaturated/α-hetero) is 1. The summed E-state index contributed by atoms with van der Waals surface area (Å²) in [4.78, 5) is 11.9. The van der Waals surface area contributed by atoms with Gasteiger partial charge in [0.2, 0.25) is 0 Å². The van der Waals surface area contributed by atoms with Crippen LogP contribution >= 0.6 is 0 Å². The number of benzene rings is 1. The lowest BCUT2D eigenvalue weighted by Gasteiger charge is -2.28. The number of carbonyl (C=O) groups is 1. The maximum absolute atomic E-state index is 9.44. The quantitative estimate of drug-likeness (QED) is 0.838. The van der Waals surface area contributed by atoms with Gasteiger partial charge in [0.25, 0.3) is 0 Å². The van der Waals surface area contributed by atoms with Crippen molar-refractivity contribution in [1.29, 1.82) is 0 Å². The minimum absolute atomic E-state index is 0.167. The second-order valence-corrected chi connectivity index (χ2v) is 5.63. The Balaban J connectivity index is 0.000000297. The third-order valence-corrected chi connectivity index (χ3v) is 3.72. The summed E-state index contributed by atoms with van der Waals surface area (Å²) >= 11 is 0. The normalized spacial score (nSPS) is 24.7. The molecule has 0 spiro atoms. The number of nitrogens with zero attached hydrogens (tertiary/aromatic N) is 1. The first kappa shape index (κ1) is 14.1. The standard InChI is InChI=1S/C13H17NO.C3H6O/c1-2-4-13(5-3-1)15-10-14-8-11-6-7-12(11)9-14;1-3(2)4/h1-5,11-12H,6-10H2;1-2H3. The molecule has 0 N–H and O–H groups in total. The van der Waals surface area contributed by atoms with Crippen LogP contribution in [-0.4, -0.2) is 30.5 Å². The first-order valence-electron chi connectivity index (χ1n) is 7.02. The molecule has 0 aromatic heterocycles. The molecule has 0 radical (unpaired) electrons. The van der Waals surface area contributed by atoms with Gasteiger partial charge < -0.3 is 9.53 Å². The van der Waals surface area contributed by atoms with E-state index in [-0.39, 0.29) is 5.78 Å². The van der Waals surface area contributed by atoms with Gasteiger partial charge in [0.05, 0.1) is 0 Å². The minimum Gasteiger partial charge on any atom is -0.478 e. The fourth-order valence-corrected chi connectivity index (χ4v) is 2.64. The molecule has 3 nitrogen and oxygen atoms in total. The van der Waals surface area contributed by atoms with Crippen molar-refractivity contribution in [2.24, 2.45) is 11.8 Å². The zero-order chi connectivity index (χ0) is 13.7. The van der Waals surface area contributed by atoms with E-state index < -0.39 is 0 Å². The van der Waals surface area contributed by atoms with Crippen molar-refractivity contribution >= 4 is 5.78 Å². The van der Waals surface area contributed by atoms with Crippen LogP contribution < -0.4 is 4.74 Å². The van der Waals surface area contributed by atoms with Crippen LogP contribution in [0.1, 0.15) is 26.7 Å². The van der Waals surface area contributed by atoms with Crippen molar-refractivity contribution < 1.29 is 9.53 Å². The molecule has 3 heteroatoms. The fraction of sp³-hybridized carbons (Fsp3) is 0.562. The van der Waals surface area contributed by atoms with Gasteiger partial charge >= 0.3 is 0 Å². The Morgan fingerprint density at radius 1 is 1.16 bits per heavy atom. The van der Waals surface area contributed by atoms with Gasteiger partial charge in [-0.3, -0.25) is 4.90 Å². The molecule has 2 aliphatic rings. The highest BCUT2D eigenvalue weighted by Crippen LogP contribution is 2.40. The van der Waals surface area contributed by atoms with E-state index in [2.05, 4.69) is 4.90 Å². The van der Waals surface area contributed by atoms with E-state index in [9.17, 15) is 4.79 Å². The average Bonchev–Trinajstić information content (AvgIpc) is 2.64. The molecule has 19 heavy (non-hydrogen) atoms. The summed E-state index contributed by atoms with van der Waals surface area (Å²) in [6.07, 6.45) is 2.87. The highest BCUT2D eigenvalue weighted by atomic mass is 16.5. The van der Waals surface area contributed by atoms with Gasteiger partial charge in [-0.1, -0.05) is 18.2 Å². The lowest BCUT2D eigenvalue weighted by Crippen LogP contribution is -2.25. The van der Waals surface area contributed by atoms with Crippen LogP contribution in [-0.2, 0) is 4.79 Å². The van der Waals surface area contributed by atoms with Gasteiger partial charge in [0.1, 0.15) is 18.3 Å². The molecular formula is C16H23NO2. The molecule has 1 aliphatic heterocycles.